The summed E-state index contributed by atoms with van der Waals surface area (Å²) in [5.41, 5.74) is 4.94. The number of nitrogens with one attached hydrogen (secondary N) is 1. The Labute approximate surface area is 186 Å². The van der Waals surface area contributed by atoms with E-state index >= 15 is 0 Å². The molecule has 0 unspecified atom stereocenters. The molecule has 0 aliphatic rings. The summed E-state index contributed by atoms with van der Waals surface area (Å²) in [6.45, 7) is 0. The van der Waals surface area contributed by atoms with Crippen LogP contribution in [0.4, 0.5) is 0 Å². The fourth-order valence-corrected chi connectivity index (χ4v) is 3.57. The van der Waals surface area contributed by atoms with Gasteiger partial charge in [-0.05, 0) is 60.7 Å². The third-order valence-corrected chi connectivity index (χ3v) is 5.24. The Morgan fingerprint density at radius 3 is 1.84 bits per heavy atom. The van der Waals surface area contributed by atoms with Crippen molar-refractivity contribution in [3.63, 3.8) is 0 Å². The molecule has 0 amide bonds. The molecule has 0 fully saturated rings. The van der Waals surface area contributed by atoms with E-state index in [-0.39, 0.29) is 0 Å². The van der Waals surface area contributed by atoms with Crippen molar-refractivity contribution in [1.29, 1.82) is 0 Å². The van der Waals surface area contributed by atoms with Crippen LogP contribution in [0.1, 0.15) is 0 Å². The van der Waals surface area contributed by atoms with E-state index in [1.807, 2.05) is 97.1 Å². The highest BCUT2D eigenvalue weighted by molar-refractivity contribution is 6.30. The van der Waals surface area contributed by atoms with Gasteiger partial charge in [-0.1, -0.05) is 60.1 Å². The molecular weight excluding hydrogens is 404 g/mol. The number of aromatic amines is 1. The quantitative estimate of drug-likeness (QED) is 0.313. The zero-order valence-corrected chi connectivity index (χ0v) is 17.4. The van der Waals surface area contributed by atoms with Crippen LogP contribution in [0.25, 0.3) is 33.9 Å². The highest BCUT2D eigenvalue weighted by Crippen LogP contribution is 2.34. The molecule has 0 spiro atoms. The fourth-order valence-electron chi connectivity index (χ4n) is 3.45. The summed E-state index contributed by atoms with van der Waals surface area (Å²) >= 11 is 6.06. The number of ether oxygens (including phenoxy) is 1. The van der Waals surface area contributed by atoms with Crippen LogP contribution in [0.3, 0.4) is 0 Å². The summed E-state index contributed by atoms with van der Waals surface area (Å²) in [4.78, 5) is 8.42. The molecule has 0 radical (unpaired) electrons. The maximum atomic E-state index is 6.06. The molecule has 0 saturated heterocycles. The second kappa shape index (κ2) is 8.50. The minimum Gasteiger partial charge on any atom is -0.457 e. The lowest BCUT2D eigenvalue weighted by molar-refractivity contribution is 0.483. The van der Waals surface area contributed by atoms with E-state index in [4.69, 9.17) is 21.3 Å². The van der Waals surface area contributed by atoms with Gasteiger partial charge in [-0.15, -0.1) is 0 Å². The third-order valence-electron chi connectivity index (χ3n) is 4.99. The van der Waals surface area contributed by atoms with Gasteiger partial charge in [-0.2, -0.15) is 0 Å². The lowest BCUT2D eigenvalue weighted by atomic mass is 10.1. The molecule has 150 valence electrons. The second-order valence-electron chi connectivity index (χ2n) is 7.12. The van der Waals surface area contributed by atoms with Gasteiger partial charge in [0.25, 0.3) is 0 Å². The average Bonchev–Trinajstić information content (AvgIpc) is 3.27. The number of rotatable bonds is 5. The van der Waals surface area contributed by atoms with Gasteiger partial charge in [-0.3, -0.25) is 0 Å². The first-order chi connectivity index (χ1) is 15.3. The predicted octanol–water partition coefficient (Wildman–Crippen LogP) is 7.86. The zero-order valence-electron chi connectivity index (χ0n) is 16.6. The Kier molecular flexibility index (Phi) is 5.26. The molecule has 4 aromatic carbocycles. The van der Waals surface area contributed by atoms with Crippen LogP contribution in [-0.4, -0.2) is 9.97 Å². The molecule has 0 bridgehead atoms. The molecule has 0 aliphatic carbocycles. The smallest absolute Gasteiger partial charge is 0.138 e. The number of para-hydroxylation sites is 1. The number of halogens is 1. The highest BCUT2D eigenvalue weighted by atomic mass is 35.5. The van der Waals surface area contributed by atoms with E-state index in [0.29, 0.717) is 5.02 Å². The predicted molar refractivity (Wildman–Crippen MR) is 126 cm³/mol. The number of hydrogen-bond donors (Lipinski definition) is 1. The fraction of sp³-hybridized carbons (Fsp3) is 0. The summed E-state index contributed by atoms with van der Waals surface area (Å²) < 4.78 is 5.93. The molecular formula is C27H19ClN2O. The van der Waals surface area contributed by atoms with Gasteiger partial charge >= 0.3 is 0 Å². The number of hydrogen-bond acceptors (Lipinski definition) is 2. The summed E-state index contributed by atoms with van der Waals surface area (Å²) in [5, 5.41) is 0.702. The molecule has 1 N–H and O–H groups in total. The minimum absolute atomic E-state index is 0.702. The van der Waals surface area contributed by atoms with Gasteiger partial charge in [0.1, 0.15) is 17.3 Å². The van der Waals surface area contributed by atoms with Crippen LogP contribution in [-0.2, 0) is 0 Å². The van der Waals surface area contributed by atoms with Crippen molar-refractivity contribution in [3.8, 4) is 45.4 Å². The summed E-state index contributed by atoms with van der Waals surface area (Å²) in [7, 11) is 0. The largest absolute Gasteiger partial charge is 0.457 e. The normalized spacial score (nSPS) is 10.7. The van der Waals surface area contributed by atoms with Gasteiger partial charge in [0.2, 0.25) is 0 Å². The van der Waals surface area contributed by atoms with Gasteiger partial charge in [0.15, 0.2) is 0 Å². The number of aromatic nitrogens is 2. The Morgan fingerprint density at radius 1 is 0.581 bits per heavy atom. The maximum Gasteiger partial charge on any atom is 0.138 e. The van der Waals surface area contributed by atoms with E-state index in [1.165, 1.54) is 0 Å². The number of H-pyrrole nitrogens is 1. The molecule has 4 heteroatoms. The zero-order chi connectivity index (χ0) is 21.0. The molecule has 3 nitrogen and oxygen atoms in total. The standard InChI is InChI=1S/C27H19ClN2O/c28-22-15-11-21(12-16-22)27-29-25(19-7-3-1-4-8-19)26(30-27)20-13-17-24(18-14-20)31-23-9-5-2-6-10-23/h1-18H,(H,29,30). The monoisotopic (exact) mass is 422 g/mol. The Hall–Kier alpha value is -3.82. The Morgan fingerprint density at radius 2 is 1.16 bits per heavy atom. The van der Waals surface area contributed by atoms with Crippen LogP contribution in [0, 0.1) is 0 Å². The Bertz CT molecular complexity index is 1280. The van der Waals surface area contributed by atoms with E-state index in [1.54, 1.807) is 0 Å². The first kappa shape index (κ1) is 19.2. The number of imidazole rings is 1. The molecule has 0 aliphatic heterocycles. The van der Waals surface area contributed by atoms with E-state index in [9.17, 15) is 0 Å². The topological polar surface area (TPSA) is 37.9 Å². The van der Waals surface area contributed by atoms with Crippen molar-refractivity contribution in [2.45, 2.75) is 0 Å². The maximum absolute atomic E-state index is 6.06. The van der Waals surface area contributed by atoms with Gasteiger partial charge in [0.05, 0.1) is 11.4 Å². The van der Waals surface area contributed by atoms with E-state index < -0.39 is 0 Å². The average molecular weight is 423 g/mol. The highest BCUT2D eigenvalue weighted by Gasteiger charge is 2.15. The van der Waals surface area contributed by atoms with Crippen LogP contribution in [0.15, 0.2) is 109 Å². The third kappa shape index (κ3) is 4.23. The SMILES string of the molecule is Clc1ccc(-c2nc(-c3ccccc3)c(-c3ccc(Oc4ccccc4)cc3)[nH]2)cc1. The summed E-state index contributed by atoms with van der Waals surface area (Å²) in [6.07, 6.45) is 0. The summed E-state index contributed by atoms with van der Waals surface area (Å²) in [6, 6.07) is 35.7. The molecule has 1 heterocycles. The minimum atomic E-state index is 0.702. The molecule has 0 atom stereocenters. The molecule has 31 heavy (non-hydrogen) atoms. The van der Waals surface area contributed by atoms with Crippen molar-refractivity contribution in [1.82, 2.24) is 9.97 Å². The lowest BCUT2D eigenvalue weighted by Crippen LogP contribution is -1.86. The molecule has 1 aromatic heterocycles. The first-order valence-electron chi connectivity index (χ1n) is 10.0. The molecule has 5 aromatic rings. The van der Waals surface area contributed by atoms with Gasteiger partial charge < -0.3 is 9.72 Å². The van der Waals surface area contributed by atoms with Crippen LogP contribution >= 0.6 is 11.6 Å². The van der Waals surface area contributed by atoms with Gasteiger partial charge in [-0.25, -0.2) is 4.98 Å². The van der Waals surface area contributed by atoms with Crippen molar-refractivity contribution in [2.24, 2.45) is 0 Å². The number of nitrogens with zero attached hydrogens (tertiary/aromatic N) is 1. The summed E-state index contributed by atoms with van der Waals surface area (Å²) in [5.74, 6) is 2.40. The second-order valence-corrected chi connectivity index (χ2v) is 7.56. The first-order valence-corrected chi connectivity index (χ1v) is 10.4. The van der Waals surface area contributed by atoms with E-state index in [0.717, 1.165) is 45.4 Å². The van der Waals surface area contributed by atoms with Crippen molar-refractivity contribution >= 4 is 11.6 Å². The lowest BCUT2D eigenvalue weighted by Gasteiger charge is -2.07. The Balaban J connectivity index is 1.53. The number of benzene rings is 4. The van der Waals surface area contributed by atoms with Crippen LogP contribution < -0.4 is 4.74 Å². The van der Waals surface area contributed by atoms with Crippen molar-refractivity contribution in [3.05, 3.63) is 114 Å². The molecule has 0 saturated carbocycles. The van der Waals surface area contributed by atoms with Crippen LogP contribution in [0.5, 0.6) is 11.5 Å². The van der Waals surface area contributed by atoms with Gasteiger partial charge in [0, 0.05) is 21.7 Å². The van der Waals surface area contributed by atoms with Crippen molar-refractivity contribution in [2.75, 3.05) is 0 Å². The van der Waals surface area contributed by atoms with E-state index in [2.05, 4.69) is 17.1 Å². The molecule has 5 rings (SSSR count). The van der Waals surface area contributed by atoms with Crippen molar-refractivity contribution < 1.29 is 4.74 Å². The van der Waals surface area contributed by atoms with Crippen LogP contribution in [0.2, 0.25) is 5.02 Å².